The second-order valence-electron chi connectivity index (χ2n) is 8.55. The first-order chi connectivity index (χ1) is 13.7. The van der Waals surface area contributed by atoms with Crippen LogP contribution < -0.4 is 10.2 Å². The number of hydrogen-bond donors (Lipinski definition) is 1. The summed E-state index contributed by atoms with van der Waals surface area (Å²) < 4.78 is 32.9. The summed E-state index contributed by atoms with van der Waals surface area (Å²) in [5.74, 6) is -1.05. The Labute approximate surface area is 170 Å². The molecule has 1 amide bonds. The fourth-order valence-electron chi connectivity index (χ4n) is 3.73. The molecule has 29 heavy (non-hydrogen) atoms. The molecule has 160 valence electrons. The predicted octanol–water partition coefficient (Wildman–Crippen LogP) is 2.44. The van der Waals surface area contributed by atoms with Crippen LogP contribution >= 0.6 is 0 Å². The highest BCUT2D eigenvalue weighted by molar-refractivity contribution is 5.96. The van der Waals surface area contributed by atoms with Gasteiger partial charge < -0.3 is 29.2 Å². The Balaban J connectivity index is 1.99. The van der Waals surface area contributed by atoms with Crippen molar-refractivity contribution < 1.29 is 28.2 Å². The van der Waals surface area contributed by atoms with Crippen molar-refractivity contribution in [3.05, 3.63) is 29.1 Å². The lowest BCUT2D eigenvalue weighted by atomic mass is 9.95. The van der Waals surface area contributed by atoms with Crippen molar-refractivity contribution in [2.24, 2.45) is 5.41 Å². The second-order valence-corrected chi connectivity index (χ2v) is 8.55. The predicted molar refractivity (Wildman–Crippen MR) is 105 cm³/mol. The number of ether oxygens (including phenoxy) is 3. The first-order valence-electron chi connectivity index (χ1n) is 9.89. The van der Waals surface area contributed by atoms with Crippen LogP contribution in [-0.2, 0) is 19.0 Å². The summed E-state index contributed by atoms with van der Waals surface area (Å²) in [4.78, 5) is 24.8. The van der Waals surface area contributed by atoms with Gasteiger partial charge >= 0.3 is 0 Å². The quantitative estimate of drug-likeness (QED) is 0.754. The van der Waals surface area contributed by atoms with E-state index in [4.69, 9.17) is 14.2 Å². The van der Waals surface area contributed by atoms with Crippen LogP contribution in [-0.4, -0.2) is 57.2 Å². The number of morpholine rings is 1. The Morgan fingerprint density at radius 3 is 2.45 bits per heavy atom. The summed E-state index contributed by atoms with van der Waals surface area (Å²) in [5, 5.41) is 2.44. The van der Waals surface area contributed by atoms with Gasteiger partial charge in [0, 0.05) is 29.6 Å². The third-order valence-electron chi connectivity index (χ3n) is 4.94. The number of benzene rings is 1. The number of carbonyl (C=O) groups excluding carboxylic acids is 2. The Bertz CT molecular complexity index is 750. The molecule has 8 heteroatoms. The van der Waals surface area contributed by atoms with Crippen LogP contribution in [0.25, 0.3) is 0 Å². The Morgan fingerprint density at radius 2 is 1.86 bits per heavy atom. The van der Waals surface area contributed by atoms with Gasteiger partial charge in [0.05, 0.1) is 37.7 Å². The van der Waals surface area contributed by atoms with Crippen molar-refractivity contribution in [1.82, 2.24) is 5.32 Å². The number of amides is 1. The molecule has 2 saturated heterocycles. The number of aldehydes is 1. The molecule has 0 spiro atoms. The lowest BCUT2D eigenvalue weighted by molar-refractivity contribution is -0.226. The normalized spacial score (nSPS) is 24.9. The molecule has 0 bridgehead atoms. The molecule has 7 nitrogen and oxygen atoms in total. The number of nitrogens with one attached hydrogen (secondary N) is 1. The average molecular weight is 408 g/mol. The van der Waals surface area contributed by atoms with Crippen molar-refractivity contribution >= 4 is 17.9 Å². The molecular formula is C21H29FN2O5. The maximum Gasteiger partial charge on any atom is 0.251 e. The largest absolute Gasteiger partial charge is 0.372 e. The summed E-state index contributed by atoms with van der Waals surface area (Å²) in [7, 11) is 0. The molecule has 2 aliphatic rings. The maximum absolute atomic E-state index is 15.3. The first-order valence-corrected chi connectivity index (χ1v) is 9.89. The van der Waals surface area contributed by atoms with Crippen molar-refractivity contribution in [2.75, 3.05) is 37.7 Å². The fraction of sp³-hybridized carbons (Fsp3) is 0.619. The van der Waals surface area contributed by atoms with E-state index in [2.05, 4.69) is 5.32 Å². The number of carbonyl (C=O) groups is 2. The molecular weight excluding hydrogens is 379 g/mol. The minimum atomic E-state index is -0.778. The zero-order valence-electron chi connectivity index (χ0n) is 17.4. The van der Waals surface area contributed by atoms with E-state index in [-0.39, 0.29) is 29.7 Å². The van der Waals surface area contributed by atoms with Gasteiger partial charge in [-0.25, -0.2) is 4.39 Å². The molecule has 1 aromatic rings. The van der Waals surface area contributed by atoms with Gasteiger partial charge in [-0.1, -0.05) is 13.8 Å². The van der Waals surface area contributed by atoms with Crippen molar-refractivity contribution in [2.45, 2.75) is 46.2 Å². The minimum Gasteiger partial charge on any atom is -0.372 e. The lowest BCUT2D eigenvalue weighted by Gasteiger charge is -2.40. The van der Waals surface area contributed by atoms with E-state index < -0.39 is 18.0 Å². The number of rotatable bonds is 5. The summed E-state index contributed by atoms with van der Waals surface area (Å²) in [6.45, 7) is 9.74. The van der Waals surface area contributed by atoms with Gasteiger partial charge in [-0.05, 0) is 26.0 Å². The first kappa shape index (κ1) is 21.7. The van der Waals surface area contributed by atoms with Gasteiger partial charge in [0.1, 0.15) is 12.1 Å². The Hall–Kier alpha value is -2.03. The van der Waals surface area contributed by atoms with Crippen molar-refractivity contribution in [3.63, 3.8) is 0 Å². The number of hydrogen-bond acceptors (Lipinski definition) is 6. The fourth-order valence-corrected chi connectivity index (χ4v) is 3.73. The van der Waals surface area contributed by atoms with E-state index in [1.165, 1.54) is 6.07 Å². The number of nitrogens with zero attached hydrogens (tertiary/aromatic N) is 1. The summed E-state index contributed by atoms with van der Waals surface area (Å²) in [5.41, 5.74) is 0.812. The molecule has 0 aromatic heterocycles. The monoisotopic (exact) mass is 408 g/mol. The van der Waals surface area contributed by atoms with Crippen LogP contribution in [0.4, 0.5) is 10.1 Å². The third-order valence-corrected chi connectivity index (χ3v) is 4.94. The zero-order chi connectivity index (χ0) is 21.2. The standard InChI is InChI=1S/C21H29FN2O5/c1-13-9-24(10-14(2)29-13)18-16(20-27-11-21(3,4)12-28-20)7-15(8-17(18)22)19(26)23-5-6-25/h6-8,13-14,20H,5,9-12H2,1-4H3,(H,23,26)/t13-,14-/m1/s1. The van der Waals surface area contributed by atoms with Gasteiger partial charge in [-0.3, -0.25) is 4.79 Å². The third kappa shape index (κ3) is 5.12. The lowest BCUT2D eigenvalue weighted by Crippen LogP contribution is -2.46. The molecule has 0 saturated carbocycles. The van der Waals surface area contributed by atoms with E-state index in [1.807, 2.05) is 32.6 Å². The highest BCUT2D eigenvalue weighted by Gasteiger charge is 2.34. The topological polar surface area (TPSA) is 77.1 Å². The van der Waals surface area contributed by atoms with E-state index in [9.17, 15) is 9.59 Å². The van der Waals surface area contributed by atoms with E-state index in [0.29, 0.717) is 43.8 Å². The highest BCUT2D eigenvalue weighted by atomic mass is 19.1. The smallest absolute Gasteiger partial charge is 0.251 e. The van der Waals surface area contributed by atoms with Crippen molar-refractivity contribution in [1.29, 1.82) is 0 Å². The molecule has 0 aliphatic carbocycles. The molecule has 2 fully saturated rings. The van der Waals surface area contributed by atoms with Crippen LogP contribution in [0, 0.1) is 11.2 Å². The molecule has 3 rings (SSSR count). The minimum absolute atomic E-state index is 0.0614. The number of anilines is 1. The Kier molecular flexibility index (Phi) is 6.55. The molecule has 1 N–H and O–H groups in total. The SMILES string of the molecule is C[C@@H]1CN(c2c(F)cc(C(=O)NCC=O)cc2C2OCC(C)(C)CO2)C[C@@H](C)O1. The van der Waals surface area contributed by atoms with E-state index in [1.54, 1.807) is 6.07 Å². The van der Waals surface area contributed by atoms with Crippen LogP contribution in [0.3, 0.4) is 0 Å². The van der Waals surface area contributed by atoms with Crippen molar-refractivity contribution in [3.8, 4) is 0 Å². The Morgan fingerprint density at radius 1 is 1.24 bits per heavy atom. The molecule has 2 atom stereocenters. The molecule has 2 aliphatic heterocycles. The second kappa shape index (κ2) is 8.77. The van der Waals surface area contributed by atoms with Gasteiger partial charge in [0.2, 0.25) is 0 Å². The molecule has 2 heterocycles. The zero-order valence-corrected chi connectivity index (χ0v) is 17.4. The molecule has 0 radical (unpaired) electrons. The van der Waals surface area contributed by atoms with Gasteiger partial charge in [-0.2, -0.15) is 0 Å². The summed E-state index contributed by atoms with van der Waals surface area (Å²) >= 11 is 0. The van der Waals surface area contributed by atoms with Gasteiger partial charge in [-0.15, -0.1) is 0 Å². The van der Waals surface area contributed by atoms with Gasteiger partial charge in [0.15, 0.2) is 6.29 Å². The summed E-state index contributed by atoms with van der Waals surface area (Å²) in [6, 6.07) is 2.78. The molecule has 0 unspecified atom stereocenters. The van der Waals surface area contributed by atoms with E-state index in [0.717, 1.165) is 0 Å². The molecule has 1 aromatic carbocycles. The van der Waals surface area contributed by atoms with Gasteiger partial charge in [0.25, 0.3) is 5.91 Å². The van der Waals surface area contributed by atoms with E-state index >= 15 is 4.39 Å². The number of halogens is 1. The van der Waals surface area contributed by atoms with Crippen LogP contribution in [0.2, 0.25) is 0 Å². The van der Waals surface area contributed by atoms with Crippen LogP contribution in [0.1, 0.15) is 49.9 Å². The van der Waals surface area contributed by atoms with Crippen LogP contribution in [0.5, 0.6) is 0 Å². The highest BCUT2D eigenvalue weighted by Crippen LogP contribution is 2.38. The van der Waals surface area contributed by atoms with Crippen LogP contribution in [0.15, 0.2) is 12.1 Å². The average Bonchev–Trinajstić information content (AvgIpc) is 2.64. The summed E-state index contributed by atoms with van der Waals surface area (Å²) in [6.07, 6.45) is -0.322. The maximum atomic E-state index is 15.3.